The molecule has 0 saturated carbocycles. The molecule has 1 atom stereocenters. The molecule has 0 amide bonds. The summed E-state index contributed by atoms with van der Waals surface area (Å²) in [6.07, 6.45) is 4.87. The quantitative estimate of drug-likeness (QED) is 0.340. The second-order valence-corrected chi connectivity index (χ2v) is 5.37. The Labute approximate surface area is 128 Å². The van der Waals surface area contributed by atoms with Gasteiger partial charge < -0.3 is 23.1 Å². The van der Waals surface area contributed by atoms with Crippen molar-refractivity contribution < 1.29 is 14.3 Å². The summed E-state index contributed by atoms with van der Waals surface area (Å²) < 4.78 is 21.1. The lowest BCUT2D eigenvalue weighted by Gasteiger charge is -2.11. The van der Waals surface area contributed by atoms with E-state index in [0.717, 1.165) is 29.9 Å². The molecule has 6 nitrogen and oxygen atoms in total. The standard InChI is InChI=1S/C13H18IN3O3/c1-16-12-10(13(18)19-2)7-11(20-12)8-4-3-5-9(6-8)17-14-15/h5-7,13,16,18H,3-4H2,1-2H3,(H2,15,17)/t13-/m1/s1. The number of aliphatic hydroxyl groups excluding tert-OH is 1. The second kappa shape index (κ2) is 7.00. The number of aliphatic hydroxyl groups is 1. The van der Waals surface area contributed by atoms with Crippen LogP contribution >= 0.6 is 21.3 Å². The van der Waals surface area contributed by atoms with Crippen molar-refractivity contribution in [1.29, 1.82) is 3.56 Å². The van der Waals surface area contributed by atoms with Gasteiger partial charge in [-0.25, -0.2) is 0 Å². The first kappa shape index (κ1) is 15.2. The largest absolute Gasteiger partial charge is 0.441 e. The van der Waals surface area contributed by atoms with Gasteiger partial charge in [0.15, 0.2) is 6.29 Å². The van der Waals surface area contributed by atoms with Gasteiger partial charge in [-0.05, 0) is 30.6 Å². The van der Waals surface area contributed by atoms with Gasteiger partial charge in [0.2, 0.25) is 5.88 Å². The number of anilines is 1. The average Bonchev–Trinajstić information content (AvgIpc) is 2.91. The van der Waals surface area contributed by atoms with Gasteiger partial charge in [-0.3, -0.25) is 3.56 Å². The summed E-state index contributed by atoms with van der Waals surface area (Å²) in [5, 5.41) is 12.7. The highest BCUT2D eigenvalue weighted by molar-refractivity contribution is 14.1. The predicted molar refractivity (Wildman–Crippen MR) is 85.4 cm³/mol. The van der Waals surface area contributed by atoms with E-state index in [1.165, 1.54) is 7.11 Å². The Morgan fingerprint density at radius 3 is 3.00 bits per heavy atom. The van der Waals surface area contributed by atoms with Crippen LogP contribution in [0.4, 0.5) is 5.88 Å². The van der Waals surface area contributed by atoms with Crippen molar-refractivity contribution in [3.63, 3.8) is 0 Å². The lowest BCUT2D eigenvalue weighted by Crippen LogP contribution is -2.01. The van der Waals surface area contributed by atoms with E-state index in [-0.39, 0.29) is 0 Å². The van der Waals surface area contributed by atoms with E-state index in [0.29, 0.717) is 11.4 Å². The van der Waals surface area contributed by atoms with Crippen molar-refractivity contribution in [2.75, 3.05) is 19.5 Å². The summed E-state index contributed by atoms with van der Waals surface area (Å²) in [7, 11) is 3.18. The number of nitrogens with one attached hydrogen (secondary N) is 3. The Balaban J connectivity index is 2.31. The van der Waals surface area contributed by atoms with Crippen LogP contribution in [0.15, 0.2) is 28.3 Å². The van der Waals surface area contributed by atoms with Crippen LogP contribution in [0.2, 0.25) is 0 Å². The van der Waals surface area contributed by atoms with Gasteiger partial charge >= 0.3 is 0 Å². The molecule has 20 heavy (non-hydrogen) atoms. The van der Waals surface area contributed by atoms with Crippen LogP contribution in [0.5, 0.6) is 0 Å². The number of methoxy groups -OCH3 is 1. The molecule has 0 spiro atoms. The molecule has 0 aromatic carbocycles. The topological polar surface area (TPSA) is 90.5 Å². The highest BCUT2D eigenvalue weighted by Crippen LogP contribution is 2.34. The summed E-state index contributed by atoms with van der Waals surface area (Å²) >= 11 is -0.741. The molecule has 1 aromatic heterocycles. The van der Waals surface area contributed by atoms with Crippen LogP contribution < -0.4 is 8.85 Å². The molecule has 2 rings (SSSR count). The first-order chi connectivity index (χ1) is 9.69. The third kappa shape index (κ3) is 3.28. The minimum atomic E-state index is -1.01. The molecular weight excluding hydrogens is 373 g/mol. The van der Waals surface area contributed by atoms with Gasteiger partial charge in [0.1, 0.15) is 27.1 Å². The van der Waals surface area contributed by atoms with Gasteiger partial charge in [0, 0.05) is 19.9 Å². The van der Waals surface area contributed by atoms with Crippen molar-refractivity contribution >= 4 is 32.8 Å². The molecule has 0 fully saturated rings. The summed E-state index contributed by atoms with van der Waals surface area (Å²) in [6, 6.07) is 1.80. The van der Waals surface area contributed by atoms with E-state index in [4.69, 9.17) is 12.7 Å². The van der Waals surface area contributed by atoms with Gasteiger partial charge in [-0.1, -0.05) is 6.08 Å². The van der Waals surface area contributed by atoms with Crippen molar-refractivity contribution in [3.8, 4) is 0 Å². The highest BCUT2D eigenvalue weighted by atomic mass is 127. The third-order valence-corrected chi connectivity index (χ3v) is 3.95. The maximum atomic E-state index is 9.80. The van der Waals surface area contributed by atoms with Gasteiger partial charge in [0.25, 0.3) is 0 Å². The molecule has 0 bridgehead atoms. The zero-order chi connectivity index (χ0) is 14.5. The molecule has 1 aromatic rings. The zero-order valence-corrected chi connectivity index (χ0v) is 13.5. The van der Waals surface area contributed by atoms with Crippen molar-refractivity contribution in [3.05, 3.63) is 35.2 Å². The number of halogens is 1. The van der Waals surface area contributed by atoms with E-state index >= 15 is 0 Å². The molecule has 1 heterocycles. The van der Waals surface area contributed by atoms with Gasteiger partial charge in [-0.2, -0.15) is 0 Å². The monoisotopic (exact) mass is 391 g/mol. The Kier molecular flexibility index (Phi) is 5.32. The smallest absolute Gasteiger partial charge is 0.201 e. The Hall–Kier alpha value is -1.19. The molecule has 1 aliphatic carbocycles. The normalized spacial score (nSPS) is 16.4. The van der Waals surface area contributed by atoms with Gasteiger partial charge in [0.05, 0.1) is 5.56 Å². The average molecular weight is 391 g/mol. The number of hydrogen-bond acceptors (Lipinski definition) is 5. The molecular formula is C13H18IN3O3. The Morgan fingerprint density at radius 2 is 2.35 bits per heavy atom. The summed E-state index contributed by atoms with van der Waals surface area (Å²) in [6.45, 7) is 0. The van der Waals surface area contributed by atoms with E-state index < -0.39 is 27.6 Å². The number of ether oxygens (including phenoxy) is 1. The maximum Gasteiger partial charge on any atom is 0.201 e. The van der Waals surface area contributed by atoms with E-state index in [2.05, 4.69) is 14.9 Å². The van der Waals surface area contributed by atoms with E-state index in [1.807, 2.05) is 6.08 Å². The van der Waals surface area contributed by atoms with Crippen LogP contribution in [0.25, 0.3) is 5.57 Å². The SMILES string of the molecule is CNc1oc(C2=CC(NI=N)=CCC2)cc1[C@H](O)OC. The molecule has 0 radical (unpaired) electrons. The van der Waals surface area contributed by atoms with E-state index in [9.17, 15) is 5.11 Å². The molecule has 7 heteroatoms. The molecule has 0 aliphatic heterocycles. The van der Waals surface area contributed by atoms with Gasteiger partial charge in [-0.15, -0.1) is 0 Å². The minimum absolute atomic E-state index is 0.507. The van der Waals surface area contributed by atoms with E-state index in [1.54, 1.807) is 13.1 Å². The number of furan rings is 1. The van der Waals surface area contributed by atoms with Crippen molar-refractivity contribution in [2.24, 2.45) is 0 Å². The third-order valence-electron chi connectivity index (χ3n) is 3.06. The van der Waals surface area contributed by atoms with Crippen molar-refractivity contribution in [2.45, 2.75) is 19.1 Å². The summed E-state index contributed by atoms with van der Waals surface area (Å²) in [4.78, 5) is 0. The summed E-state index contributed by atoms with van der Waals surface area (Å²) in [5.74, 6) is 1.23. The number of allylic oxidation sites excluding steroid dienone is 3. The van der Waals surface area contributed by atoms with Crippen LogP contribution in [0, 0.1) is 3.56 Å². The van der Waals surface area contributed by atoms with Crippen LogP contribution in [0.1, 0.15) is 30.5 Å². The Bertz CT molecular complexity index is 551. The van der Waals surface area contributed by atoms with Crippen LogP contribution in [-0.4, -0.2) is 19.3 Å². The molecule has 110 valence electrons. The molecule has 0 saturated heterocycles. The lowest BCUT2D eigenvalue weighted by atomic mass is 10.0. The van der Waals surface area contributed by atoms with Crippen LogP contribution in [-0.2, 0) is 4.74 Å². The summed E-state index contributed by atoms with van der Waals surface area (Å²) in [5.41, 5.74) is 2.62. The fourth-order valence-corrected chi connectivity index (χ4v) is 2.77. The Morgan fingerprint density at radius 1 is 1.55 bits per heavy atom. The minimum Gasteiger partial charge on any atom is -0.441 e. The molecule has 0 unspecified atom stereocenters. The van der Waals surface area contributed by atoms with Crippen molar-refractivity contribution in [1.82, 2.24) is 3.53 Å². The van der Waals surface area contributed by atoms with Crippen LogP contribution in [0.3, 0.4) is 0 Å². The number of rotatable bonds is 6. The lowest BCUT2D eigenvalue weighted by molar-refractivity contribution is -0.0766. The second-order valence-electron chi connectivity index (χ2n) is 4.29. The maximum absolute atomic E-state index is 9.80. The number of hydrogen-bond donors (Lipinski definition) is 4. The first-order valence-corrected chi connectivity index (χ1v) is 8.34. The highest BCUT2D eigenvalue weighted by Gasteiger charge is 2.20. The predicted octanol–water partition coefficient (Wildman–Crippen LogP) is 3.26. The fraction of sp³-hybridized carbons (Fsp3) is 0.385. The molecule has 1 aliphatic rings. The fourth-order valence-electron chi connectivity index (χ4n) is 2.09. The first-order valence-electron chi connectivity index (χ1n) is 6.18. The molecule has 4 N–H and O–H groups in total. The zero-order valence-electron chi connectivity index (χ0n) is 11.4.